The van der Waals surface area contributed by atoms with Crippen LogP contribution in [0.5, 0.6) is 0 Å². The Labute approximate surface area is 189 Å². The van der Waals surface area contributed by atoms with E-state index >= 15 is 0 Å². The number of carbonyl (C=O) groups is 1. The predicted octanol–water partition coefficient (Wildman–Crippen LogP) is 1.83. The zero-order valence-electron chi connectivity index (χ0n) is 17.5. The number of amides is 1. The molecule has 0 atom stereocenters. The average molecular weight is 475 g/mol. The fourth-order valence-electron chi connectivity index (χ4n) is 3.70. The Morgan fingerprint density at radius 3 is 2.43 bits per heavy atom. The summed E-state index contributed by atoms with van der Waals surface area (Å²) in [6.45, 7) is 10.0. The van der Waals surface area contributed by atoms with E-state index in [1.165, 1.54) is 22.5 Å². The summed E-state index contributed by atoms with van der Waals surface area (Å²) in [4.78, 5) is 17.6. The van der Waals surface area contributed by atoms with Crippen LogP contribution in [0.4, 0.5) is 0 Å². The number of benzene rings is 1. The van der Waals surface area contributed by atoms with Gasteiger partial charge in [0.05, 0.1) is 15.5 Å². The molecule has 0 unspecified atom stereocenters. The summed E-state index contributed by atoms with van der Waals surface area (Å²) < 4.78 is 27.3. The van der Waals surface area contributed by atoms with Crippen molar-refractivity contribution in [3.05, 3.63) is 28.8 Å². The molecule has 0 aromatic heterocycles. The summed E-state index contributed by atoms with van der Waals surface area (Å²) in [6.07, 6.45) is 0.846. The molecule has 10 heteroatoms. The number of sulfonamides is 1. The number of hydrogen-bond acceptors (Lipinski definition) is 6. The number of carbonyl (C=O) groups excluding carboxylic acids is 1. The standard InChI is InChI=1S/C20H31ClN4O3S2/c1-2-23-8-10-24(11-9-23)7-3-6-22-20(26)18-16-17(4-5-19(18)21)30(27,28)25-12-14-29-15-13-25/h4-5,16H,2-3,6-15H2,1H3,(H,22,26). The van der Waals surface area contributed by atoms with Crippen molar-refractivity contribution in [2.45, 2.75) is 18.2 Å². The van der Waals surface area contributed by atoms with E-state index in [4.69, 9.17) is 11.6 Å². The predicted molar refractivity (Wildman–Crippen MR) is 123 cm³/mol. The number of thioether (sulfide) groups is 1. The minimum atomic E-state index is -3.61. The lowest BCUT2D eigenvalue weighted by Crippen LogP contribution is -2.46. The van der Waals surface area contributed by atoms with Gasteiger partial charge in [-0.15, -0.1) is 0 Å². The molecule has 168 valence electrons. The maximum Gasteiger partial charge on any atom is 0.252 e. The fraction of sp³-hybridized carbons (Fsp3) is 0.650. The molecule has 2 aliphatic rings. The van der Waals surface area contributed by atoms with Crippen LogP contribution in [0.25, 0.3) is 0 Å². The van der Waals surface area contributed by atoms with Crippen LogP contribution >= 0.6 is 23.4 Å². The summed E-state index contributed by atoms with van der Waals surface area (Å²) in [5.74, 6) is 1.24. The van der Waals surface area contributed by atoms with E-state index in [2.05, 4.69) is 22.0 Å². The summed E-state index contributed by atoms with van der Waals surface area (Å²) in [7, 11) is -3.61. The van der Waals surface area contributed by atoms with E-state index in [0.29, 0.717) is 19.6 Å². The lowest BCUT2D eigenvalue weighted by atomic mass is 10.2. The smallest absolute Gasteiger partial charge is 0.252 e. The molecule has 3 rings (SSSR count). The monoisotopic (exact) mass is 474 g/mol. The number of nitrogens with one attached hydrogen (secondary N) is 1. The molecule has 0 spiro atoms. The Hall–Kier alpha value is -0.840. The van der Waals surface area contributed by atoms with E-state index in [-0.39, 0.29) is 21.4 Å². The van der Waals surface area contributed by atoms with Gasteiger partial charge in [-0.3, -0.25) is 4.79 Å². The molecular formula is C20H31ClN4O3S2. The van der Waals surface area contributed by atoms with Crippen molar-refractivity contribution >= 4 is 39.3 Å². The van der Waals surface area contributed by atoms with Crippen molar-refractivity contribution < 1.29 is 13.2 Å². The second-order valence-corrected chi connectivity index (χ2v) is 11.1. The Morgan fingerprint density at radius 2 is 1.77 bits per heavy atom. The molecule has 0 bridgehead atoms. The maximum atomic E-state index is 12.9. The Balaban J connectivity index is 1.53. The number of piperazine rings is 1. The molecule has 2 heterocycles. The first-order valence-corrected chi connectivity index (χ1v) is 13.5. The van der Waals surface area contributed by atoms with Gasteiger partial charge >= 0.3 is 0 Å². The van der Waals surface area contributed by atoms with E-state index in [1.54, 1.807) is 11.8 Å². The second kappa shape index (κ2) is 11.2. The highest BCUT2D eigenvalue weighted by Gasteiger charge is 2.27. The molecule has 0 saturated carbocycles. The van der Waals surface area contributed by atoms with E-state index < -0.39 is 10.0 Å². The van der Waals surface area contributed by atoms with Crippen LogP contribution in [-0.2, 0) is 10.0 Å². The zero-order valence-corrected chi connectivity index (χ0v) is 19.9. The Morgan fingerprint density at radius 1 is 1.10 bits per heavy atom. The lowest BCUT2D eigenvalue weighted by Gasteiger charge is -2.33. The third kappa shape index (κ3) is 6.11. The summed E-state index contributed by atoms with van der Waals surface area (Å²) in [5.41, 5.74) is 0.209. The van der Waals surface area contributed by atoms with E-state index in [1.807, 2.05) is 0 Å². The first-order chi connectivity index (χ1) is 14.4. The molecule has 1 N–H and O–H groups in total. The van der Waals surface area contributed by atoms with Crippen molar-refractivity contribution in [2.75, 3.05) is 70.4 Å². The van der Waals surface area contributed by atoms with Crippen LogP contribution in [0.1, 0.15) is 23.7 Å². The summed E-state index contributed by atoms with van der Waals surface area (Å²) in [6, 6.07) is 4.38. The zero-order chi connectivity index (χ0) is 21.6. The number of halogens is 1. The minimum absolute atomic E-state index is 0.123. The summed E-state index contributed by atoms with van der Waals surface area (Å²) >= 11 is 7.95. The van der Waals surface area contributed by atoms with E-state index in [9.17, 15) is 13.2 Å². The lowest BCUT2D eigenvalue weighted by molar-refractivity contribution is 0.0948. The molecule has 1 aromatic carbocycles. The van der Waals surface area contributed by atoms with Gasteiger partial charge in [-0.25, -0.2) is 8.42 Å². The van der Waals surface area contributed by atoms with Crippen LogP contribution in [0.2, 0.25) is 5.02 Å². The van der Waals surface area contributed by atoms with Crippen LogP contribution in [0, 0.1) is 0 Å². The van der Waals surface area contributed by atoms with E-state index in [0.717, 1.165) is 57.2 Å². The largest absolute Gasteiger partial charge is 0.352 e. The van der Waals surface area contributed by atoms with Gasteiger partial charge in [0.15, 0.2) is 0 Å². The fourth-order valence-corrected chi connectivity index (χ4v) is 6.51. The van der Waals surface area contributed by atoms with Gasteiger partial charge in [-0.2, -0.15) is 16.1 Å². The molecule has 0 aliphatic carbocycles. The third-order valence-corrected chi connectivity index (χ3v) is 8.81. The van der Waals surface area contributed by atoms with Gasteiger partial charge < -0.3 is 15.1 Å². The van der Waals surface area contributed by atoms with Crippen molar-refractivity contribution in [3.8, 4) is 0 Å². The normalized spacial score (nSPS) is 19.7. The number of likely N-dealkylation sites (N-methyl/N-ethyl adjacent to an activating group) is 1. The highest BCUT2D eigenvalue weighted by atomic mass is 35.5. The first kappa shape index (κ1) is 23.8. The van der Waals surface area contributed by atoms with Crippen LogP contribution in [0.3, 0.4) is 0 Å². The van der Waals surface area contributed by atoms with Crippen molar-refractivity contribution in [1.82, 2.24) is 19.4 Å². The number of hydrogen-bond donors (Lipinski definition) is 1. The third-order valence-electron chi connectivity index (χ3n) is 5.64. The summed E-state index contributed by atoms with van der Waals surface area (Å²) in [5, 5.41) is 3.15. The topological polar surface area (TPSA) is 73.0 Å². The van der Waals surface area contributed by atoms with Gasteiger partial charge in [0, 0.05) is 57.3 Å². The average Bonchev–Trinajstić information content (AvgIpc) is 2.77. The highest BCUT2D eigenvalue weighted by molar-refractivity contribution is 7.99. The van der Waals surface area contributed by atoms with Crippen LogP contribution in [0.15, 0.2) is 23.1 Å². The van der Waals surface area contributed by atoms with Crippen molar-refractivity contribution in [1.29, 1.82) is 0 Å². The minimum Gasteiger partial charge on any atom is -0.352 e. The Bertz CT molecular complexity index is 823. The number of nitrogens with zero attached hydrogens (tertiary/aromatic N) is 3. The SMILES string of the molecule is CCN1CCN(CCCNC(=O)c2cc(S(=O)(=O)N3CCSCC3)ccc2Cl)CC1. The Kier molecular flexibility index (Phi) is 8.85. The second-order valence-electron chi connectivity index (χ2n) is 7.54. The molecule has 2 aliphatic heterocycles. The quantitative estimate of drug-likeness (QED) is 0.579. The molecule has 1 aromatic rings. The van der Waals surface area contributed by atoms with Gasteiger partial charge in [-0.05, 0) is 37.7 Å². The molecule has 30 heavy (non-hydrogen) atoms. The maximum absolute atomic E-state index is 12.9. The van der Waals surface area contributed by atoms with Gasteiger partial charge in [0.25, 0.3) is 5.91 Å². The first-order valence-electron chi connectivity index (χ1n) is 10.5. The van der Waals surface area contributed by atoms with Gasteiger partial charge in [0.2, 0.25) is 10.0 Å². The molecular weight excluding hydrogens is 444 g/mol. The highest BCUT2D eigenvalue weighted by Crippen LogP contribution is 2.25. The van der Waals surface area contributed by atoms with Crippen LogP contribution < -0.4 is 5.32 Å². The molecule has 1 amide bonds. The number of rotatable bonds is 8. The molecule has 2 saturated heterocycles. The molecule has 2 fully saturated rings. The van der Waals surface area contributed by atoms with Gasteiger partial charge in [-0.1, -0.05) is 18.5 Å². The van der Waals surface area contributed by atoms with Crippen molar-refractivity contribution in [2.24, 2.45) is 0 Å². The van der Waals surface area contributed by atoms with Gasteiger partial charge in [0.1, 0.15) is 0 Å². The molecule has 7 nitrogen and oxygen atoms in total. The molecule has 0 radical (unpaired) electrons. The van der Waals surface area contributed by atoms with Crippen LogP contribution in [-0.4, -0.2) is 98.8 Å². The van der Waals surface area contributed by atoms with Crippen molar-refractivity contribution in [3.63, 3.8) is 0 Å².